The number of halogens is 1. The number of carbonyl (C=O) groups excluding carboxylic acids is 1. The summed E-state index contributed by atoms with van der Waals surface area (Å²) in [7, 11) is 1.55. The highest BCUT2D eigenvalue weighted by Crippen LogP contribution is 2.32. The minimum absolute atomic E-state index is 0.0253. The summed E-state index contributed by atoms with van der Waals surface area (Å²) in [5, 5.41) is 0. The lowest BCUT2D eigenvalue weighted by Crippen LogP contribution is -2.40. The average molecular weight is 614 g/mol. The van der Waals surface area contributed by atoms with E-state index in [1.54, 1.807) is 18.6 Å². The minimum atomic E-state index is -0.673. The molecule has 7 nitrogen and oxygen atoms in total. The number of esters is 1. The highest BCUT2D eigenvalue weighted by atomic mass is 79.9. The predicted octanol–water partition coefficient (Wildman–Crippen LogP) is 5.10. The molecule has 1 aliphatic heterocycles. The summed E-state index contributed by atoms with van der Waals surface area (Å²) < 4.78 is 19.5. The number of nitrogens with zero attached hydrogens (tertiary/aromatic N) is 2. The molecule has 9 heteroatoms. The Hall–Kier alpha value is -3.01. The van der Waals surface area contributed by atoms with Gasteiger partial charge in [-0.25, -0.2) is 9.79 Å². The number of carbonyl (C=O) groups is 1. The highest BCUT2D eigenvalue weighted by Gasteiger charge is 2.33. The predicted molar refractivity (Wildman–Crippen MR) is 157 cm³/mol. The Labute approximate surface area is 240 Å². The van der Waals surface area contributed by atoms with Gasteiger partial charge in [-0.2, -0.15) is 0 Å². The summed E-state index contributed by atoms with van der Waals surface area (Å²) in [6.45, 7) is 10.3. The van der Waals surface area contributed by atoms with Crippen molar-refractivity contribution in [3.05, 3.63) is 94.6 Å². The van der Waals surface area contributed by atoms with Crippen LogP contribution in [0.5, 0.6) is 5.75 Å². The first-order valence-corrected chi connectivity index (χ1v) is 14.5. The molecule has 0 fully saturated rings. The molecule has 0 spiro atoms. The third-order valence-electron chi connectivity index (χ3n) is 6.30. The Morgan fingerprint density at radius 1 is 1.13 bits per heavy atom. The van der Waals surface area contributed by atoms with Crippen molar-refractivity contribution in [1.29, 1.82) is 0 Å². The molecule has 0 bridgehead atoms. The molecule has 3 aromatic rings. The van der Waals surface area contributed by atoms with Crippen molar-refractivity contribution in [2.45, 2.75) is 52.7 Å². The summed E-state index contributed by atoms with van der Waals surface area (Å²) in [5.74, 6) is 0.517. The molecule has 0 saturated heterocycles. The lowest BCUT2D eigenvalue weighted by Gasteiger charge is -2.25. The number of thiazole rings is 1. The van der Waals surface area contributed by atoms with E-state index in [1.165, 1.54) is 16.9 Å². The molecule has 4 rings (SSSR count). The van der Waals surface area contributed by atoms with Gasteiger partial charge in [0.2, 0.25) is 0 Å². The van der Waals surface area contributed by atoms with Crippen LogP contribution in [0.25, 0.3) is 6.08 Å². The topological polar surface area (TPSA) is 79.1 Å². The summed E-state index contributed by atoms with van der Waals surface area (Å²) in [4.78, 5) is 32.5. The first-order chi connectivity index (χ1) is 18.6. The van der Waals surface area contributed by atoms with E-state index in [9.17, 15) is 9.59 Å². The molecule has 2 heterocycles. The molecular weight excluding hydrogens is 580 g/mol. The fourth-order valence-electron chi connectivity index (χ4n) is 4.39. The fourth-order valence-corrected chi connectivity index (χ4v) is 5.81. The lowest BCUT2D eigenvalue weighted by molar-refractivity contribution is -0.140. The zero-order valence-electron chi connectivity index (χ0n) is 23.0. The van der Waals surface area contributed by atoms with Crippen LogP contribution in [-0.2, 0) is 14.3 Å². The van der Waals surface area contributed by atoms with E-state index in [2.05, 4.69) is 34.8 Å². The zero-order valence-corrected chi connectivity index (χ0v) is 25.4. The van der Waals surface area contributed by atoms with Crippen LogP contribution >= 0.6 is 27.3 Å². The number of fused-ring (bicyclic) bond motifs is 1. The maximum absolute atomic E-state index is 14.0. The van der Waals surface area contributed by atoms with Gasteiger partial charge in [-0.3, -0.25) is 9.36 Å². The Morgan fingerprint density at radius 3 is 2.49 bits per heavy atom. The van der Waals surface area contributed by atoms with Crippen molar-refractivity contribution in [3.63, 3.8) is 0 Å². The van der Waals surface area contributed by atoms with Crippen molar-refractivity contribution in [2.75, 3.05) is 20.3 Å². The smallest absolute Gasteiger partial charge is 0.338 e. The Morgan fingerprint density at radius 2 is 1.85 bits per heavy atom. The van der Waals surface area contributed by atoms with E-state index in [4.69, 9.17) is 14.2 Å². The number of allylic oxidation sites excluding steroid dienone is 1. The van der Waals surface area contributed by atoms with Gasteiger partial charge >= 0.3 is 5.97 Å². The van der Waals surface area contributed by atoms with E-state index in [1.807, 2.05) is 62.4 Å². The van der Waals surface area contributed by atoms with E-state index in [0.717, 1.165) is 15.6 Å². The maximum atomic E-state index is 14.0. The maximum Gasteiger partial charge on any atom is 0.338 e. The molecular formula is C30H33BrN2O5S. The second-order valence-corrected chi connectivity index (χ2v) is 11.8. The lowest BCUT2D eigenvalue weighted by atomic mass is 9.93. The van der Waals surface area contributed by atoms with E-state index in [0.29, 0.717) is 32.3 Å². The van der Waals surface area contributed by atoms with Crippen molar-refractivity contribution < 1.29 is 19.0 Å². The second kappa shape index (κ2) is 12.4. The molecule has 0 N–H and O–H groups in total. The minimum Gasteiger partial charge on any atom is -0.490 e. The molecule has 1 aliphatic rings. The third kappa shape index (κ3) is 6.42. The van der Waals surface area contributed by atoms with Gasteiger partial charge in [-0.05, 0) is 62.1 Å². The molecule has 0 aliphatic carbocycles. The summed E-state index contributed by atoms with van der Waals surface area (Å²) in [5.41, 5.74) is 3.38. The Balaban J connectivity index is 1.90. The van der Waals surface area contributed by atoms with Crippen molar-refractivity contribution >= 4 is 39.3 Å². The number of hydrogen-bond donors (Lipinski definition) is 0. The molecule has 0 saturated carbocycles. The molecule has 0 amide bonds. The van der Waals surface area contributed by atoms with Gasteiger partial charge in [-0.1, -0.05) is 65.4 Å². The number of ether oxygens (including phenoxy) is 3. The van der Waals surface area contributed by atoms with Gasteiger partial charge in [0, 0.05) is 17.1 Å². The van der Waals surface area contributed by atoms with E-state index in [-0.39, 0.29) is 24.9 Å². The van der Waals surface area contributed by atoms with Crippen LogP contribution in [0.1, 0.15) is 63.3 Å². The Bertz CT molecular complexity index is 1570. The van der Waals surface area contributed by atoms with Crippen LogP contribution in [0.2, 0.25) is 0 Å². The molecule has 2 aromatic carbocycles. The zero-order chi connectivity index (χ0) is 28.3. The van der Waals surface area contributed by atoms with Gasteiger partial charge in [0.15, 0.2) is 4.80 Å². The number of benzene rings is 2. The quantitative estimate of drug-likeness (QED) is 0.248. The monoisotopic (exact) mass is 612 g/mol. The molecule has 206 valence electrons. The van der Waals surface area contributed by atoms with Crippen molar-refractivity contribution in [1.82, 2.24) is 4.57 Å². The molecule has 1 atom stereocenters. The number of hydrogen-bond acceptors (Lipinski definition) is 7. The van der Waals surface area contributed by atoms with Crippen LogP contribution < -0.4 is 19.6 Å². The first kappa shape index (κ1) is 29.0. The number of rotatable bonds is 9. The van der Waals surface area contributed by atoms with Crippen LogP contribution in [0.3, 0.4) is 0 Å². The molecule has 0 radical (unpaired) electrons. The SMILES string of the molecule is COCCOC(=O)C1=C(C)N=c2sc(=Cc3cc(Br)ccc3OC(C)C)c(=O)n2C1c1ccc(C(C)C)cc1. The fraction of sp³-hybridized carbons (Fsp3) is 0.367. The largest absolute Gasteiger partial charge is 0.490 e. The molecule has 1 unspecified atom stereocenters. The van der Waals surface area contributed by atoms with Gasteiger partial charge in [0.1, 0.15) is 12.4 Å². The third-order valence-corrected chi connectivity index (χ3v) is 7.78. The number of methoxy groups -OCH3 is 1. The second-order valence-electron chi connectivity index (χ2n) is 9.88. The van der Waals surface area contributed by atoms with E-state index >= 15 is 0 Å². The van der Waals surface area contributed by atoms with Gasteiger partial charge in [0.05, 0.1) is 34.6 Å². The Kier molecular flexibility index (Phi) is 9.25. The van der Waals surface area contributed by atoms with Crippen molar-refractivity contribution in [2.24, 2.45) is 4.99 Å². The van der Waals surface area contributed by atoms with Crippen LogP contribution in [0.15, 0.2) is 68.0 Å². The average Bonchev–Trinajstić information content (AvgIpc) is 3.19. The van der Waals surface area contributed by atoms with Gasteiger partial charge < -0.3 is 14.2 Å². The standard InChI is InChI=1S/C30H33BrN2O5S/c1-17(2)20-7-9-21(10-8-20)27-26(29(35)37-14-13-36-6)19(5)32-30-33(27)28(34)25(39-30)16-22-15-23(31)11-12-24(22)38-18(3)4/h7-12,15-18,27H,13-14H2,1-6H3. The first-order valence-electron chi connectivity index (χ1n) is 12.8. The normalized spacial score (nSPS) is 15.5. The van der Waals surface area contributed by atoms with Gasteiger partial charge in [0.25, 0.3) is 5.56 Å². The summed E-state index contributed by atoms with van der Waals surface area (Å²) in [6.07, 6.45) is 1.80. The van der Waals surface area contributed by atoms with Crippen LogP contribution in [0, 0.1) is 0 Å². The van der Waals surface area contributed by atoms with Crippen LogP contribution in [0.4, 0.5) is 0 Å². The van der Waals surface area contributed by atoms with Gasteiger partial charge in [-0.15, -0.1) is 0 Å². The highest BCUT2D eigenvalue weighted by molar-refractivity contribution is 9.10. The van der Waals surface area contributed by atoms with Crippen LogP contribution in [-0.4, -0.2) is 37.0 Å². The molecule has 1 aromatic heterocycles. The molecule has 39 heavy (non-hydrogen) atoms. The summed E-state index contributed by atoms with van der Waals surface area (Å²) >= 11 is 4.81. The number of aromatic nitrogens is 1. The van der Waals surface area contributed by atoms with Crippen molar-refractivity contribution in [3.8, 4) is 5.75 Å². The summed E-state index contributed by atoms with van der Waals surface area (Å²) in [6, 6.07) is 13.1. The van der Waals surface area contributed by atoms with E-state index < -0.39 is 12.0 Å².